The van der Waals surface area contributed by atoms with Crippen molar-refractivity contribution >= 4 is 17.5 Å². The number of rotatable bonds is 8. The molecule has 3 aromatic carbocycles. The molecule has 0 spiro atoms. The predicted molar refractivity (Wildman–Crippen MR) is 129 cm³/mol. The van der Waals surface area contributed by atoms with Crippen LogP contribution in [0.2, 0.25) is 0 Å². The largest absolute Gasteiger partial charge is 0.497 e. The van der Waals surface area contributed by atoms with E-state index in [1.807, 2.05) is 48.5 Å². The van der Waals surface area contributed by atoms with E-state index >= 15 is 0 Å². The molecule has 6 nitrogen and oxygen atoms in total. The van der Waals surface area contributed by atoms with E-state index in [0.29, 0.717) is 17.8 Å². The minimum Gasteiger partial charge on any atom is -0.497 e. The summed E-state index contributed by atoms with van der Waals surface area (Å²) in [6.07, 6.45) is 2.06. The average molecular weight is 444 g/mol. The smallest absolute Gasteiger partial charge is 0.253 e. The van der Waals surface area contributed by atoms with Crippen LogP contribution in [0, 0.1) is 0 Å². The van der Waals surface area contributed by atoms with E-state index in [2.05, 4.69) is 27.7 Å². The van der Waals surface area contributed by atoms with E-state index in [9.17, 15) is 9.59 Å². The third kappa shape index (κ3) is 5.79. The summed E-state index contributed by atoms with van der Waals surface area (Å²) < 4.78 is 5.25. The number of anilines is 1. The summed E-state index contributed by atoms with van der Waals surface area (Å²) in [5.74, 6) is 0.481. The molecule has 1 saturated heterocycles. The molecule has 6 heteroatoms. The minimum atomic E-state index is -0.216. The van der Waals surface area contributed by atoms with Gasteiger partial charge in [0, 0.05) is 12.6 Å². The summed E-state index contributed by atoms with van der Waals surface area (Å²) in [6, 6.07) is 25.1. The molecule has 0 bridgehead atoms. The lowest BCUT2D eigenvalue weighted by molar-refractivity contribution is -0.117. The third-order valence-electron chi connectivity index (χ3n) is 5.95. The zero-order valence-corrected chi connectivity index (χ0v) is 18.8. The molecule has 1 aliphatic rings. The zero-order valence-electron chi connectivity index (χ0n) is 18.8. The first-order valence-electron chi connectivity index (χ1n) is 11.2. The summed E-state index contributed by atoms with van der Waals surface area (Å²) in [7, 11) is 1.65. The van der Waals surface area contributed by atoms with Crippen molar-refractivity contribution in [2.24, 2.45) is 0 Å². The Morgan fingerprint density at radius 2 is 1.70 bits per heavy atom. The second-order valence-electron chi connectivity index (χ2n) is 8.16. The molecule has 170 valence electrons. The number of ether oxygens (including phenoxy) is 1. The lowest BCUT2D eigenvalue weighted by Crippen LogP contribution is -2.33. The van der Waals surface area contributed by atoms with Gasteiger partial charge in [0.05, 0.1) is 24.9 Å². The molecule has 1 fully saturated rings. The Hall–Kier alpha value is -3.64. The van der Waals surface area contributed by atoms with Crippen molar-refractivity contribution < 1.29 is 14.3 Å². The summed E-state index contributed by atoms with van der Waals surface area (Å²) >= 11 is 0. The van der Waals surface area contributed by atoms with Crippen LogP contribution in [0.25, 0.3) is 0 Å². The number of nitrogens with zero attached hydrogens (tertiary/aromatic N) is 1. The molecule has 3 aromatic rings. The number of methoxy groups -OCH3 is 1. The first kappa shape index (κ1) is 22.6. The molecular weight excluding hydrogens is 414 g/mol. The van der Waals surface area contributed by atoms with Crippen molar-refractivity contribution in [1.29, 1.82) is 0 Å². The van der Waals surface area contributed by atoms with E-state index in [4.69, 9.17) is 4.74 Å². The van der Waals surface area contributed by atoms with Gasteiger partial charge in [-0.05, 0) is 54.8 Å². The number of hydrogen-bond acceptors (Lipinski definition) is 4. The number of carbonyl (C=O) groups excluding carboxylic acids is 2. The van der Waals surface area contributed by atoms with Gasteiger partial charge in [0.2, 0.25) is 5.91 Å². The van der Waals surface area contributed by atoms with Crippen LogP contribution in [0.3, 0.4) is 0 Å². The maximum absolute atomic E-state index is 12.9. The van der Waals surface area contributed by atoms with Gasteiger partial charge in [-0.2, -0.15) is 0 Å². The fraction of sp³-hybridized carbons (Fsp3) is 0.259. The fourth-order valence-electron chi connectivity index (χ4n) is 4.26. The summed E-state index contributed by atoms with van der Waals surface area (Å²) in [6.45, 7) is 1.57. The highest BCUT2D eigenvalue weighted by Crippen LogP contribution is 2.32. The van der Waals surface area contributed by atoms with E-state index in [1.54, 1.807) is 25.3 Å². The van der Waals surface area contributed by atoms with Crippen LogP contribution in [-0.4, -0.2) is 36.9 Å². The first-order chi connectivity index (χ1) is 16.1. The van der Waals surface area contributed by atoms with Crippen LogP contribution >= 0.6 is 0 Å². The van der Waals surface area contributed by atoms with E-state index in [0.717, 1.165) is 30.7 Å². The highest BCUT2D eigenvalue weighted by atomic mass is 16.5. The van der Waals surface area contributed by atoms with Gasteiger partial charge in [0.25, 0.3) is 5.91 Å². The number of carbonyl (C=O) groups is 2. The topological polar surface area (TPSA) is 70.7 Å². The van der Waals surface area contributed by atoms with E-state index < -0.39 is 0 Å². The Labute approximate surface area is 194 Å². The van der Waals surface area contributed by atoms with Crippen LogP contribution in [-0.2, 0) is 11.3 Å². The number of para-hydroxylation sites is 1. The van der Waals surface area contributed by atoms with Crippen LogP contribution in [0.1, 0.15) is 40.4 Å². The van der Waals surface area contributed by atoms with Gasteiger partial charge in [0.1, 0.15) is 5.75 Å². The number of amides is 2. The molecule has 2 amide bonds. The van der Waals surface area contributed by atoms with Crippen LogP contribution < -0.4 is 15.4 Å². The number of benzene rings is 3. The molecule has 33 heavy (non-hydrogen) atoms. The number of likely N-dealkylation sites (tertiary alicyclic amines) is 1. The van der Waals surface area contributed by atoms with Gasteiger partial charge < -0.3 is 15.4 Å². The van der Waals surface area contributed by atoms with E-state index in [-0.39, 0.29) is 24.4 Å². The highest BCUT2D eigenvalue weighted by Gasteiger charge is 2.28. The molecule has 1 atom stereocenters. The van der Waals surface area contributed by atoms with Gasteiger partial charge in [-0.25, -0.2) is 0 Å². The molecule has 0 saturated carbocycles. The molecule has 0 aromatic heterocycles. The predicted octanol–water partition coefficient (Wildman–Crippen LogP) is 4.40. The Kier molecular flexibility index (Phi) is 7.37. The van der Waals surface area contributed by atoms with Gasteiger partial charge in [-0.1, -0.05) is 54.6 Å². The van der Waals surface area contributed by atoms with Crippen molar-refractivity contribution in [2.45, 2.75) is 25.4 Å². The highest BCUT2D eigenvalue weighted by molar-refractivity contribution is 6.04. The molecule has 2 N–H and O–H groups in total. The minimum absolute atomic E-state index is 0.126. The monoisotopic (exact) mass is 443 g/mol. The van der Waals surface area contributed by atoms with Gasteiger partial charge in [-0.15, -0.1) is 0 Å². The lowest BCUT2D eigenvalue weighted by atomic mass is 10.0. The molecule has 1 aliphatic heterocycles. The summed E-state index contributed by atoms with van der Waals surface area (Å²) in [5, 5.41) is 5.87. The van der Waals surface area contributed by atoms with Crippen molar-refractivity contribution in [3.05, 3.63) is 95.6 Å². The summed E-state index contributed by atoms with van der Waals surface area (Å²) in [5.41, 5.74) is 3.18. The molecule has 4 rings (SSSR count). The third-order valence-corrected chi connectivity index (χ3v) is 5.95. The standard InChI is InChI=1S/C27H29N3O3/c1-33-22-15-13-21(14-16-22)25-12-7-17-30(25)19-26(31)29-24-11-6-5-10-23(24)27(32)28-18-20-8-3-2-4-9-20/h2-6,8-11,13-16,25H,7,12,17-19H2,1H3,(H,28,32)(H,29,31). The molecular formula is C27H29N3O3. The SMILES string of the molecule is COc1ccc(C2CCCN2CC(=O)Nc2ccccc2C(=O)NCc2ccccc2)cc1. The van der Waals surface area contributed by atoms with E-state index in [1.165, 1.54) is 5.56 Å². The maximum atomic E-state index is 12.9. The van der Waals surface area contributed by atoms with Gasteiger partial charge in [-0.3, -0.25) is 14.5 Å². The molecule has 1 heterocycles. The molecule has 1 unspecified atom stereocenters. The second kappa shape index (κ2) is 10.8. The maximum Gasteiger partial charge on any atom is 0.253 e. The lowest BCUT2D eigenvalue weighted by Gasteiger charge is -2.24. The Bertz CT molecular complexity index is 1080. The normalized spacial score (nSPS) is 15.7. The van der Waals surface area contributed by atoms with Gasteiger partial charge >= 0.3 is 0 Å². The molecule has 0 aliphatic carbocycles. The second-order valence-corrected chi connectivity index (χ2v) is 8.16. The van der Waals surface area contributed by atoms with Crippen LogP contribution in [0.15, 0.2) is 78.9 Å². The van der Waals surface area contributed by atoms with Crippen molar-refractivity contribution in [1.82, 2.24) is 10.2 Å². The molecule has 0 radical (unpaired) electrons. The van der Waals surface area contributed by atoms with Crippen molar-refractivity contribution in [2.75, 3.05) is 25.5 Å². The number of nitrogens with one attached hydrogen (secondary N) is 2. The fourth-order valence-corrected chi connectivity index (χ4v) is 4.26. The zero-order chi connectivity index (χ0) is 23.0. The Morgan fingerprint density at radius 3 is 2.45 bits per heavy atom. The number of hydrogen-bond donors (Lipinski definition) is 2. The Morgan fingerprint density at radius 1 is 0.970 bits per heavy atom. The quantitative estimate of drug-likeness (QED) is 0.541. The average Bonchev–Trinajstić information content (AvgIpc) is 3.31. The van der Waals surface area contributed by atoms with Crippen molar-refractivity contribution in [3.8, 4) is 5.75 Å². The van der Waals surface area contributed by atoms with Crippen molar-refractivity contribution in [3.63, 3.8) is 0 Å². The summed E-state index contributed by atoms with van der Waals surface area (Å²) in [4.78, 5) is 27.9. The first-order valence-corrected chi connectivity index (χ1v) is 11.2. The Balaban J connectivity index is 1.38. The van der Waals surface area contributed by atoms with Crippen LogP contribution in [0.5, 0.6) is 5.75 Å². The van der Waals surface area contributed by atoms with Crippen LogP contribution in [0.4, 0.5) is 5.69 Å². The van der Waals surface area contributed by atoms with Gasteiger partial charge in [0.15, 0.2) is 0 Å².